The van der Waals surface area contributed by atoms with E-state index in [4.69, 9.17) is 9.47 Å². The zero-order valence-electron chi connectivity index (χ0n) is 25.9. The molecule has 16 heteroatoms. The Labute approximate surface area is 278 Å². The quantitative estimate of drug-likeness (QED) is 0.109. The van der Waals surface area contributed by atoms with E-state index < -0.39 is 52.8 Å². The van der Waals surface area contributed by atoms with Gasteiger partial charge in [-0.1, -0.05) is 13.0 Å². The predicted octanol–water partition coefficient (Wildman–Crippen LogP) is 8.23. The molecule has 1 fully saturated rings. The van der Waals surface area contributed by atoms with Gasteiger partial charge in [-0.3, -0.25) is 14.4 Å². The molecule has 0 aliphatic carbocycles. The fourth-order valence-electron chi connectivity index (χ4n) is 5.41. The number of thiophene rings is 1. The van der Waals surface area contributed by atoms with Crippen LogP contribution in [0.3, 0.4) is 0 Å². The van der Waals surface area contributed by atoms with Crippen molar-refractivity contribution in [2.75, 3.05) is 37.4 Å². The van der Waals surface area contributed by atoms with Crippen LogP contribution in [0.5, 0.6) is 11.5 Å². The summed E-state index contributed by atoms with van der Waals surface area (Å²) in [6.07, 6.45) is -8.39. The molecule has 260 valence electrons. The minimum atomic E-state index is -5.08. The molecule has 3 aromatic carbocycles. The van der Waals surface area contributed by atoms with Gasteiger partial charge in [-0.15, -0.1) is 11.3 Å². The summed E-state index contributed by atoms with van der Waals surface area (Å²) in [6.45, 7) is 4.13. The lowest BCUT2D eigenvalue weighted by Gasteiger charge is -2.30. The van der Waals surface area contributed by atoms with Gasteiger partial charge in [-0.2, -0.15) is 26.3 Å². The number of anilines is 2. The Morgan fingerprint density at radius 3 is 2.37 bits per heavy atom. The van der Waals surface area contributed by atoms with E-state index in [1.54, 1.807) is 0 Å². The van der Waals surface area contributed by atoms with Crippen LogP contribution in [0.2, 0.25) is 0 Å². The lowest BCUT2D eigenvalue weighted by Crippen LogP contribution is -2.39. The number of esters is 1. The van der Waals surface area contributed by atoms with E-state index in [0.717, 1.165) is 43.8 Å². The third-order valence-electron chi connectivity index (χ3n) is 7.91. The van der Waals surface area contributed by atoms with Crippen LogP contribution in [0, 0.1) is 11.7 Å². The fourth-order valence-corrected chi connectivity index (χ4v) is 6.50. The smallest absolute Gasteiger partial charge is 0.419 e. The summed E-state index contributed by atoms with van der Waals surface area (Å²) in [6, 6.07) is 8.32. The minimum Gasteiger partial charge on any atom is -0.496 e. The molecule has 2 heterocycles. The van der Waals surface area contributed by atoms with E-state index in [1.807, 2.05) is 6.92 Å². The Kier molecular flexibility index (Phi) is 10.2. The van der Waals surface area contributed by atoms with Crippen molar-refractivity contribution in [1.29, 1.82) is 0 Å². The molecule has 1 aliphatic rings. The summed E-state index contributed by atoms with van der Waals surface area (Å²) in [7, 11) is 1.27. The summed E-state index contributed by atoms with van der Waals surface area (Å²) >= 11 is 0.543. The van der Waals surface area contributed by atoms with Crippen LogP contribution >= 0.6 is 11.3 Å². The van der Waals surface area contributed by atoms with E-state index in [2.05, 4.69) is 15.5 Å². The first-order valence-corrected chi connectivity index (χ1v) is 15.7. The van der Waals surface area contributed by atoms with Crippen molar-refractivity contribution in [3.63, 3.8) is 0 Å². The first-order valence-electron chi connectivity index (χ1n) is 14.8. The maximum Gasteiger partial charge on any atom is 0.419 e. The molecule has 5 rings (SSSR count). The Bertz CT molecular complexity index is 1910. The van der Waals surface area contributed by atoms with Gasteiger partial charge in [0.15, 0.2) is 0 Å². The number of hydrogen-bond donors (Lipinski definition) is 2. The zero-order chi connectivity index (χ0) is 35.7. The lowest BCUT2D eigenvalue weighted by molar-refractivity contribution is -0.141. The Balaban J connectivity index is 1.48. The fraction of sp³-hybridized carbons (Fsp3) is 0.303. The predicted molar refractivity (Wildman–Crippen MR) is 168 cm³/mol. The normalized spacial score (nSPS) is 15.6. The molecule has 2 amide bonds. The number of fused-ring (bicyclic) bond motifs is 1. The molecule has 0 spiro atoms. The number of nitrogens with zero attached hydrogens (tertiary/aromatic N) is 1. The number of nitrogens with one attached hydrogen (secondary N) is 2. The molecule has 8 nitrogen and oxygen atoms in total. The summed E-state index contributed by atoms with van der Waals surface area (Å²) in [5.41, 5.74) is -3.56. The van der Waals surface area contributed by atoms with Crippen LogP contribution in [0.1, 0.15) is 50.9 Å². The van der Waals surface area contributed by atoms with Crippen molar-refractivity contribution in [3.8, 4) is 11.5 Å². The number of methoxy groups -OCH3 is 1. The maximum absolute atomic E-state index is 13.8. The highest BCUT2D eigenvalue weighted by Gasteiger charge is 2.35. The number of rotatable bonds is 8. The second kappa shape index (κ2) is 14.0. The maximum atomic E-state index is 13.8. The Morgan fingerprint density at radius 1 is 0.939 bits per heavy atom. The lowest BCUT2D eigenvalue weighted by atomic mass is 9.98. The highest BCUT2D eigenvalue weighted by Crippen LogP contribution is 2.41. The standard InChI is InChI=1S/C33H28F7N3O5S/c1-3-43-12-4-5-17(16-43)31(46)48-20-8-11-25(47-2)22(15-20)29(44)42-27-21-9-6-18(32(35,36)37)13-26(21)49-28(27)30(45)41-19-7-10-24(34)23(14-19)33(38,39)40/h6-11,13-15,17H,3-5,12,16H2,1-2H3,(H,41,45)(H,42,44). The molecular formula is C33H28F7N3O5S. The number of alkyl halides is 6. The summed E-state index contributed by atoms with van der Waals surface area (Å²) in [5.74, 6) is -4.41. The van der Waals surface area contributed by atoms with Crippen molar-refractivity contribution in [2.45, 2.75) is 32.1 Å². The van der Waals surface area contributed by atoms with Gasteiger partial charge in [0.25, 0.3) is 11.8 Å². The van der Waals surface area contributed by atoms with Crippen molar-refractivity contribution in [3.05, 3.63) is 82.0 Å². The van der Waals surface area contributed by atoms with E-state index in [9.17, 15) is 45.1 Å². The molecule has 49 heavy (non-hydrogen) atoms. The van der Waals surface area contributed by atoms with Gasteiger partial charge in [0.05, 0.1) is 35.4 Å². The van der Waals surface area contributed by atoms with Gasteiger partial charge in [0.2, 0.25) is 0 Å². The summed E-state index contributed by atoms with van der Waals surface area (Å²) in [4.78, 5) is 41.8. The van der Waals surface area contributed by atoms with Crippen molar-refractivity contribution in [2.24, 2.45) is 5.92 Å². The summed E-state index contributed by atoms with van der Waals surface area (Å²) < 4.78 is 105. The first kappa shape index (κ1) is 35.6. The van der Waals surface area contributed by atoms with Gasteiger partial charge in [-0.05, 0) is 74.5 Å². The number of hydrogen-bond acceptors (Lipinski definition) is 7. The topological polar surface area (TPSA) is 97.0 Å². The number of benzene rings is 3. The third kappa shape index (κ3) is 7.96. The number of carbonyl (C=O) groups excluding carboxylic acids is 3. The number of ether oxygens (including phenoxy) is 2. The molecular weight excluding hydrogens is 683 g/mol. The van der Waals surface area contributed by atoms with E-state index in [1.165, 1.54) is 25.3 Å². The minimum absolute atomic E-state index is 0.0179. The Hall–Kier alpha value is -4.70. The van der Waals surface area contributed by atoms with Crippen molar-refractivity contribution in [1.82, 2.24) is 4.90 Å². The first-order chi connectivity index (χ1) is 23.1. The second-order valence-electron chi connectivity index (χ2n) is 11.1. The van der Waals surface area contributed by atoms with Gasteiger partial charge >= 0.3 is 18.3 Å². The largest absolute Gasteiger partial charge is 0.496 e. The molecule has 1 aliphatic heterocycles. The zero-order valence-corrected chi connectivity index (χ0v) is 26.7. The van der Waals surface area contributed by atoms with E-state index >= 15 is 0 Å². The van der Waals surface area contributed by atoms with Gasteiger partial charge in [0.1, 0.15) is 22.2 Å². The molecule has 2 N–H and O–H groups in total. The van der Waals surface area contributed by atoms with Crippen LogP contribution < -0.4 is 20.1 Å². The van der Waals surface area contributed by atoms with Crippen molar-refractivity contribution >= 4 is 50.6 Å². The number of piperidine rings is 1. The highest BCUT2D eigenvalue weighted by atomic mass is 32.1. The third-order valence-corrected chi connectivity index (χ3v) is 9.06. The second-order valence-corrected chi connectivity index (χ2v) is 12.2. The van der Waals surface area contributed by atoms with E-state index in [0.29, 0.717) is 36.4 Å². The SMILES string of the molecule is CCN1CCCC(C(=O)Oc2ccc(OC)c(C(=O)Nc3c(C(=O)Nc4ccc(F)c(C(F)(F)F)c4)sc4cc(C(F)(F)F)ccc34)c2)C1. The van der Waals surface area contributed by atoms with Gasteiger partial charge in [0, 0.05) is 22.3 Å². The number of carbonyl (C=O) groups is 3. The molecule has 0 radical (unpaired) electrons. The van der Waals surface area contributed by atoms with Gasteiger partial charge < -0.3 is 25.0 Å². The molecule has 1 atom stereocenters. The number of halogens is 7. The van der Waals surface area contributed by atoms with Crippen LogP contribution in [0.15, 0.2) is 54.6 Å². The molecule has 0 bridgehead atoms. The van der Waals surface area contributed by atoms with Crippen LogP contribution in [-0.4, -0.2) is 49.4 Å². The molecule has 0 saturated carbocycles. The molecule has 1 aromatic heterocycles. The van der Waals surface area contributed by atoms with E-state index in [-0.39, 0.29) is 43.6 Å². The van der Waals surface area contributed by atoms with Crippen LogP contribution in [-0.2, 0) is 17.1 Å². The molecule has 1 unspecified atom stereocenters. The monoisotopic (exact) mass is 711 g/mol. The number of likely N-dealkylation sites (tertiary alicyclic amines) is 1. The average Bonchev–Trinajstić information content (AvgIpc) is 3.42. The van der Waals surface area contributed by atoms with Crippen LogP contribution in [0.4, 0.5) is 42.1 Å². The molecule has 4 aromatic rings. The van der Waals surface area contributed by atoms with Crippen LogP contribution in [0.25, 0.3) is 10.1 Å². The number of amides is 2. The Morgan fingerprint density at radius 2 is 1.69 bits per heavy atom. The van der Waals surface area contributed by atoms with Crippen molar-refractivity contribution < 1.29 is 54.6 Å². The highest BCUT2D eigenvalue weighted by molar-refractivity contribution is 7.21. The van der Waals surface area contributed by atoms with Gasteiger partial charge in [-0.25, -0.2) is 4.39 Å². The molecule has 1 saturated heterocycles. The summed E-state index contributed by atoms with van der Waals surface area (Å²) in [5, 5.41) is 4.73. The average molecular weight is 712 g/mol.